The Kier molecular flexibility index (Phi) is 4.06. The molecule has 1 aromatic carbocycles. The van der Waals surface area contributed by atoms with Crippen molar-refractivity contribution in [2.45, 2.75) is 32.7 Å². The molecule has 0 heterocycles. The molecule has 2 rings (SSSR count). The summed E-state index contributed by atoms with van der Waals surface area (Å²) in [5.41, 5.74) is 2.69. The van der Waals surface area contributed by atoms with Crippen LogP contribution in [0.3, 0.4) is 0 Å². The molecule has 1 aliphatic rings. The van der Waals surface area contributed by atoms with Crippen molar-refractivity contribution < 1.29 is 0 Å². The third kappa shape index (κ3) is 3.47. The van der Waals surface area contributed by atoms with E-state index < -0.39 is 0 Å². The zero-order chi connectivity index (χ0) is 12.3. The standard InChI is InChI=1S/C15H24N2/c1-12-6-4-5-7-15(12)17(3)11-10-16-13(2)14-8-9-14/h4-7,13-14,16H,8-11H2,1-3H3. The van der Waals surface area contributed by atoms with E-state index in [1.165, 1.54) is 24.1 Å². The normalized spacial score (nSPS) is 16.9. The summed E-state index contributed by atoms with van der Waals surface area (Å²) in [6.45, 7) is 6.63. The summed E-state index contributed by atoms with van der Waals surface area (Å²) in [6.07, 6.45) is 2.84. The van der Waals surface area contributed by atoms with E-state index >= 15 is 0 Å². The third-order valence-corrected chi connectivity index (χ3v) is 3.77. The molecule has 1 aromatic rings. The van der Waals surface area contributed by atoms with Gasteiger partial charge in [0.25, 0.3) is 0 Å². The van der Waals surface area contributed by atoms with Gasteiger partial charge in [0.15, 0.2) is 0 Å². The molecule has 2 heteroatoms. The van der Waals surface area contributed by atoms with Crippen molar-refractivity contribution in [3.05, 3.63) is 29.8 Å². The van der Waals surface area contributed by atoms with Crippen molar-refractivity contribution in [2.75, 3.05) is 25.0 Å². The highest BCUT2D eigenvalue weighted by atomic mass is 15.1. The highest BCUT2D eigenvalue weighted by Crippen LogP contribution is 2.32. The topological polar surface area (TPSA) is 15.3 Å². The largest absolute Gasteiger partial charge is 0.373 e. The molecule has 1 unspecified atom stereocenters. The van der Waals surface area contributed by atoms with Gasteiger partial charge in [-0.3, -0.25) is 0 Å². The molecule has 0 saturated heterocycles. The molecule has 1 saturated carbocycles. The second-order valence-corrected chi connectivity index (χ2v) is 5.29. The average Bonchev–Trinajstić information content (AvgIpc) is 3.13. The minimum absolute atomic E-state index is 0.695. The van der Waals surface area contributed by atoms with Gasteiger partial charge in [0, 0.05) is 31.9 Å². The second-order valence-electron chi connectivity index (χ2n) is 5.29. The fourth-order valence-electron chi connectivity index (χ4n) is 2.33. The van der Waals surface area contributed by atoms with Crippen molar-refractivity contribution in [1.82, 2.24) is 5.32 Å². The molecule has 0 aromatic heterocycles. The summed E-state index contributed by atoms with van der Waals surface area (Å²) in [5, 5.41) is 3.62. The van der Waals surface area contributed by atoms with Gasteiger partial charge < -0.3 is 10.2 Å². The minimum Gasteiger partial charge on any atom is -0.373 e. The quantitative estimate of drug-likeness (QED) is 0.811. The lowest BCUT2D eigenvalue weighted by Crippen LogP contribution is -2.35. The first-order valence-electron chi connectivity index (χ1n) is 6.68. The fourth-order valence-corrected chi connectivity index (χ4v) is 2.33. The van der Waals surface area contributed by atoms with Crippen LogP contribution in [0.4, 0.5) is 5.69 Å². The SMILES string of the molecule is Cc1ccccc1N(C)CCNC(C)C1CC1. The lowest BCUT2D eigenvalue weighted by atomic mass is 10.2. The number of para-hydroxylation sites is 1. The van der Waals surface area contributed by atoms with Gasteiger partial charge in [0.2, 0.25) is 0 Å². The molecule has 94 valence electrons. The van der Waals surface area contributed by atoms with Gasteiger partial charge in [0.1, 0.15) is 0 Å². The van der Waals surface area contributed by atoms with Crippen LogP contribution in [-0.4, -0.2) is 26.2 Å². The zero-order valence-electron chi connectivity index (χ0n) is 11.2. The van der Waals surface area contributed by atoms with Crippen LogP contribution in [0.15, 0.2) is 24.3 Å². The van der Waals surface area contributed by atoms with Crippen LogP contribution >= 0.6 is 0 Å². The van der Waals surface area contributed by atoms with Crippen molar-refractivity contribution in [2.24, 2.45) is 5.92 Å². The number of rotatable bonds is 6. The van der Waals surface area contributed by atoms with Gasteiger partial charge in [-0.25, -0.2) is 0 Å². The highest BCUT2D eigenvalue weighted by Gasteiger charge is 2.27. The molecule has 1 aliphatic carbocycles. The molecule has 1 fully saturated rings. The van der Waals surface area contributed by atoms with E-state index in [1.54, 1.807) is 0 Å². The lowest BCUT2D eigenvalue weighted by molar-refractivity contribution is 0.501. The van der Waals surface area contributed by atoms with Gasteiger partial charge in [-0.05, 0) is 44.2 Å². The molecule has 0 bridgehead atoms. The van der Waals surface area contributed by atoms with E-state index in [0.717, 1.165) is 19.0 Å². The molecule has 17 heavy (non-hydrogen) atoms. The van der Waals surface area contributed by atoms with Crippen LogP contribution in [0.5, 0.6) is 0 Å². The minimum atomic E-state index is 0.695. The third-order valence-electron chi connectivity index (χ3n) is 3.77. The van der Waals surface area contributed by atoms with Crippen molar-refractivity contribution >= 4 is 5.69 Å². The summed E-state index contributed by atoms with van der Waals surface area (Å²) in [6, 6.07) is 9.27. The number of hydrogen-bond donors (Lipinski definition) is 1. The van der Waals surface area contributed by atoms with Crippen LogP contribution < -0.4 is 10.2 Å². The summed E-state index contributed by atoms with van der Waals surface area (Å²) in [7, 11) is 2.17. The molecular formula is C15H24N2. The van der Waals surface area contributed by atoms with Gasteiger partial charge >= 0.3 is 0 Å². The van der Waals surface area contributed by atoms with E-state index in [4.69, 9.17) is 0 Å². The summed E-state index contributed by atoms with van der Waals surface area (Å²) >= 11 is 0. The van der Waals surface area contributed by atoms with Gasteiger partial charge in [-0.15, -0.1) is 0 Å². The molecule has 0 amide bonds. The number of nitrogens with one attached hydrogen (secondary N) is 1. The number of likely N-dealkylation sites (N-methyl/N-ethyl adjacent to an activating group) is 1. The predicted octanol–water partition coefficient (Wildman–Crippen LogP) is 2.82. The molecule has 1 N–H and O–H groups in total. The van der Waals surface area contributed by atoms with Crippen molar-refractivity contribution in [1.29, 1.82) is 0 Å². The Morgan fingerprint density at radius 2 is 2.06 bits per heavy atom. The summed E-state index contributed by atoms with van der Waals surface area (Å²) in [5.74, 6) is 0.943. The number of nitrogens with zero attached hydrogens (tertiary/aromatic N) is 1. The smallest absolute Gasteiger partial charge is 0.0393 e. The van der Waals surface area contributed by atoms with Gasteiger partial charge in [-0.2, -0.15) is 0 Å². The predicted molar refractivity (Wildman–Crippen MR) is 74.6 cm³/mol. The molecule has 0 radical (unpaired) electrons. The number of hydrogen-bond acceptors (Lipinski definition) is 2. The Balaban J connectivity index is 1.76. The van der Waals surface area contributed by atoms with Gasteiger partial charge in [-0.1, -0.05) is 18.2 Å². The molecule has 0 spiro atoms. The Bertz CT molecular complexity index is 358. The molecular weight excluding hydrogens is 208 g/mol. The van der Waals surface area contributed by atoms with E-state index in [9.17, 15) is 0 Å². The fraction of sp³-hybridized carbons (Fsp3) is 0.600. The summed E-state index contributed by atoms with van der Waals surface area (Å²) in [4.78, 5) is 2.34. The Labute approximate surface area is 105 Å². The maximum Gasteiger partial charge on any atom is 0.0393 e. The van der Waals surface area contributed by atoms with E-state index in [0.29, 0.717) is 6.04 Å². The average molecular weight is 232 g/mol. The maximum absolute atomic E-state index is 3.62. The molecule has 2 nitrogen and oxygen atoms in total. The highest BCUT2D eigenvalue weighted by molar-refractivity contribution is 5.52. The number of anilines is 1. The van der Waals surface area contributed by atoms with E-state index in [1.807, 2.05) is 0 Å². The van der Waals surface area contributed by atoms with E-state index in [-0.39, 0.29) is 0 Å². The molecule has 1 atom stereocenters. The maximum atomic E-state index is 3.62. The first-order chi connectivity index (χ1) is 8.18. The van der Waals surface area contributed by atoms with Gasteiger partial charge in [0.05, 0.1) is 0 Å². The Morgan fingerprint density at radius 3 is 2.71 bits per heavy atom. The number of benzene rings is 1. The van der Waals surface area contributed by atoms with Crippen LogP contribution in [0.2, 0.25) is 0 Å². The van der Waals surface area contributed by atoms with Crippen LogP contribution in [0.25, 0.3) is 0 Å². The molecule has 0 aliphatic heterocycles. The van der Waals surface area contributed by atoms with Crippen molar-refractivity contribution in [3.63, 3.8) is 0 Å². The first-order valence-corrected chi connectivity index (χ1v) is 6.68. The monoisotopic (exact) mass is 232 g/mol. The van der Waals surface area contributed by atoms with Crippen LogP contribution in [0.1, 0.15) is 25.3 Å². The first kappa shape index (κ1) is 12.4. The second kappa shape index (κ2) is 5.54. The van der Waals surface area contributed by atoms with Crippen LogP contribution in [0, 0.1) is 12.8 Å². The zero-order valence-corrected chi connectivity index (χ0v) is 11.2. The lowest BCUT2D eigenvalue weighted by Gasteiger charge is -2.22. The Morgan fingerprint density at radius 1 is 1.35 bits per heavy atom. The number of aryl methyl sites for hydroxylation is 1. The van der Waals surface area contributed by atoms with Crippen molar-refractivity contribution in [3.8, 4) is 0 Å². The van der Waals surface area contributed by atoms with E-state index in [2.05, 4.69) is 55.4 Å². The Hall–Kier alpha value is -1.02. The van der Waals surface area contributed by atoms with Crippen LogP contribution in [-0.2, 0) is 0 Å². The summed E-state index contributed by atoms with van der Waals surface area (Å²) < 4.78 is 0.